The number of carbonyl (C=O) groups excluding carboxylic acids is 1. The molecule has 3 aromatic rings. The van der Waals surface area contributed by atoms with E-state index in [1.165, 1.54) is 0 Å². The first-order valence-corrected chi connectivity index (χ1v) is 8.72. The fourth-order valence-corrected chi connectivity index (χ4v) is 2.93. The van der Waals surface area contributed by atoms with Gasteiger partial charge in [0.25, 0.3) is 0 Å². The molecule has 2 nitrogen and oxygen atoms in total. The number of carbonyl (C=O) groups is 1. The van der Waals surface area contributed by atoms with Crippen LogP contribution in [0.5, 0.6) is 0 Å². The van der Waals surface area contributed by atoms with E-state index in [1.54, 1.807) is 42.5 Å². The van der Waals surface area contributed by atoms with E-state index >= 15 is 0 Å². The molecule has 1 unspecified atom stereocenters. The molecule has 29 heavy (non-hydrogen) atoms. The monoisotopic (exact) mass is 405 g/mol. The lowest BCUT2D eigenvalue weighted by Gasteiger charge is -2.18. The second-order valence-corrected chi connectivity index (χ2v) is 6.59. The Morgan fingerprint density at radius 2 is 1.31 bits per heavy atom. The third-order valence-corrected chi connectivity index (χ3v) is 4.54. The maximum absolute atomic E-state index is 14.0. The van der Waals surface area contributed by atoms with Gasteiger partial charge in [-0.3, -0.25) is 4.79 Å². The largest absolute Gasteiger partial charge is 0.320 e. The SMILES string of the molecule is Cc1ccc(CC(C(=O)Nc2c(F)c(F)c(F)c(F)c2F)c2ccccc2)cc1. The topological polar surface area (TPSA) is 29.1 Å². The van der Waals surface area contributed by atoms with Crippen molar-refractivity contribution in [3.63, 3.8) is 0 Å². The predicted octanol–water partition coefficient (Wildman–Crippen LogP) is 5.66. The summed E-state index contributed by atoms with van der Waals surface area (Å²) in [6.45, 7) is 1.90. The standard InChI is InChI=1S/C22H16F5NO/c1-12-7-9-13(10-8-12)11-15(14-5-3-2-4-6-14)22(29)28-21-19(26)17(24)16(23)18(25)20(21)27/h2-10,15H,11H2,1H3,(H,28,29). The van der Waals surface area contributed by atoms with Crippen LogP contribution in [0.25, 0.3) is 0 Å². The molecule has 1 atom stereocenters. The van der Waals surface area contributed by atoms with Crippen LogP contribution < -0.4 is 5.32 Å². The van der Waals surface area contributed by atoms with E-state index < -0.39 is 46.6 Å². The number of rotatable bonds is 5. The molecule has 0 saturated heterocycles. The van der Waals surface area contributed by atoms with Crippen LogP contribution in [0.3, 0.4) is 0 Å². The van der Waals surface area contributed by atoms with E-state index in [4.69, 9.17) is 0 Å². The Bertz CT molecular complexity index is 1010. The van der Waals surface area contributed by atoms with E-state index in [-0.39, 0.29) is 6.42 Å². The minimum absolute atomic E-state index is 0.172. The molecule has 0 radical (unpaired) electrons. The molecule has 7 heteroatoms. The highest BCUT2D eigenvalue weighted by atomic mass is 19.2. The van der Waals surface area contributed by atoms with Gasteiger partial charge in [0.1, 0.15) is 5.69 Å². The van der Waals surface area contributed by atoms with Crippen LogP contribution in [-0.2, 0) is 11.2 Å². The van der Waals surface area contributed by atoms with Crippen molar-refractivity contribution in [1.82, 2.24) is 0 Å². The van der Waals surface area contributed by atoms with Crippen LogP contribution in [0.1, 0.15) is 22.6 Å². The number of amides is 1. The number of halogens is 5. The first kappa shape index (κ1) is 20.5. The van der Waals surface area contributed by atoms with Crippen molar-refractivity contribution in [2.24, 2.45) is 0 Å². The molecule has 1 amide bonds. The Morgan fingerprint density at radius 1 is 0.793 bits per heavy atom. The second kappa shape index (κ2) is 8.43. The van der Waals surface area contributed by atoms with Crippen LogP contribution in [0.15, 0.2) is 54.6 Å². The van der Waals surface area contributed by atoms with Crippen molar-refractivity contribution in [3.05, 3.63) is 100 Å². The Labute approximate surface area is 164 Å². The molecule has 0 aliphatic rings. The molecule has 3 rings (SSSR count). The first-order valence-electron chi connectivity index (χ1n) is 8.72. The smallest absolute Gasteiger partial charge is 0.232 e. The van der Waals surface area contributed by atoms with Crippen LogP contribution >= 0.6 is 0 Å². The van der Waals surface area contributed by atoms with Gasteiger partial charge in [0.05, 0.1) is 5.92 Å². The van der Waals surface area contributed by atoms with Gasteiger partial charge in [-0.25, -0.2) is 22.0 Å². The summed E-state index contributed by atoms with van der Waals surface area (Å²) in [6, 6.07) is 15.7. The van der Waals surface area contributed by atoms with Gasteiger partial charge in [-0.05, 0) is 24.5 Å². The number of hydrogen-bond donors (Lipinski definition) is 1. The summed E-state index contributed by atoms with van der Waals surface area (Å²) in [4.78, 5) is 12.8. The molecule has 3 aromatic carbocycles. The minimum Gasteiger partial charge on any atom is -0.320 e. The maximum atomic E-state index is 14.0. The lowest BCUT2D eigenvalue weighted by molar-refractivity contribution is -0.117. The number of hydrogen-bond acceptors (Lipinski definition) is 1. The van der Waals surface area contributed by atoms with Crippen molar-refractivity contribution in [2.75, 3.05) is 5.32 Å². The number of nitrogens with one attached hydrogen (secondary N) is 1. The molecule has 0 spiro atoms. The molecule has 0 fully saturated rings. The van der Waals surface area contributed by atoms with E-state index in [0.29, 0.717) is 5.56 Å². The highest BCUT2D eigenvalue weighted by molar-refractivity contribution is 5.96. The third kappa shape index (κ3) is 4.29. The third-order valence-electron chi connectivity index (χ3n) is 4.54. The molecule has 150 valence electrons. The van der Waals surface area contributed by atoms with Crippen LogP contribution in [0.2, 0.25) is 0 Å². The number of benzene rings is 3. The van der Waals surface area contributed by atoms with Crippen molar-refractivity contribution < 1.29 is 26.7 Å². The van der Waals surface area contributed by atoms with E-state index in [9.17, 15) is 26.7 Å². The Kier molecular flexibility index (Phi) is 5.96. The van der Waals surface area contributed by atoms with Gasteiger partial charge in [-0.1, -0.05) is 60.2 Å². The Hall–Kier alpha value is -3.22. The lowest BCUT2D eigenvalue weighted by Crippen LogP contribution is -2.25. The minimum atomic E-state index is -2.28. The highest BCUT2D eigenvalue weighted by Gasteiger charge is 2.29. The van der Waals surface area contributed by atoms with Gasteiger partial charge < -0.3 is 5.32 Å². The zero-order valence-electron chi connectivity index (χ0n) is 15.3. The summed E-state index contributed by atoms with van der Waals surface area (Å²) in [5.41, 5.74) is 0.957. The molecule has 0 aliphatic heterocycles. The summed E-state index contributed by atoms with van der Waals surface area (Å²) in [7, 11) is 0. The van der Waals surface area contributed by atoms with Gasteiger partial charge in [-0.15, -0.1) is 0 Å². The molecular weight excluding hydrogens is 389 g/mol. The zero-order chi connectivity index (χ0) is 21.1. The molecule has 1 N–H and O–H groups in total. The number of aryl methyl sites for hydroxylation is 1. The van der Waals surface area contributed by atoms with Crippen molar-refractivity contribution in [1.29, 1.82) is 0 Å². The molecule has 0 heterocycles. The van der Waals surface area contributed by atoms with Crippen LogP contribution in [-0.4, -0.2) is 5.91 Å². The summed E-state index contributed by atoms with van der Waals surface area (Å²) < 4.78 is 68.1. The average Bonchev–Trinajstić information content (AvgIpc) is 2.74. The summed E-state index contributed by atoms with van der Waals surface area (Å²) >= 11 is 0. The lowest BCUT2D eigenvalue weighted by atomic mass is 9.90. The van der Waals surface area contributed by atoms with Crippen molar-refractivity contribution in [3.8, 4) is 0 Å². The van der Waals surface area contributed by atoms with E-state index in [0.717, 1.165) is 11.1 Å². The first-order chi connectivity index (χ1) is 13.8. The molecule has 0 aromatic heterocycles. The van der Waals surface area contributed by atoms with Gasteiger partial charge in [-0.2, -0.15) is 0 Å². The fraction of sp³-hybridized carbons (Fsp3) is 0.136. The Balaban J connectivity index is 1.97. The normalized spacial score (nSPS) is 11.9. The summed E-state index contributed by atoms with van der Waals surface area (Å²) in [5.74, 6) is -12.5. The van der Waals surface area contributed by atoms with Gasteiger partial charge >= 0.3 is 0 Å². The van der Waals surface area contributed by atoms with Crippen LogP contribution in [0.4, 0.5) is 27.6 Å². The van der Waals surface area contributed by atoms with Crippen molar-refractivity contribution in [2.45, 2.75) is 19.3 Å². The number of anilines is 1. The summed E-state index contributed by atoms with van der Waals surface area (Å²) in [5, 5.41) is 1.88. The highest BCUT2D eigenvalue weighted by Crippen LogP contribution is 2.29. The van der Waals surface area contributed by atoms with E-state index in [2.05, 4.69) is 0 Å². The molecule has 0 saturated carbocycles. The average molecular weight is 405 g/mol. The Morgan fingerprint density at radius 3 is 1.86 bits per heavy atom. The van der Waals surface area contributed by atoms with Crippen LogP contribution in [0, 0.1) is 36.0 Å². The fourth-order valence-electron chi connectivity index (χ4n) is 2.93. The quantitative estimate of drug-likeness (QED) is 0.332. The van der Waals surface area contributed by atoms with E-state index in [1.807, 2.05) is 24.4 Å². The molecule has 0 bridgehead atoms. The molecular formula is C22H16F5NO. The predicted molar refractivity (Wildman–Crippen MR) is 98.9 cm³/mol. The maximum Gasteiger partial charge on any atom is 0.232 e. The van der Waals surface area contributed by atoms with Crippen molar-refractivity contribution >= 4 is 11.6 Å². The van der Waals surface area contributed by atoms with Gasteiger partial charge in [0.15, 0.2) is 23.3 Å². The van der Waals surface area contributed by atoms with Gasteiger partial charge in [0.2, 0.25) is 11.7 Å². The zero-order valence-corrected chi connectivity index (χ0v) is 15.3. The van der Waals surface area contributed by atoms with Gasteiger partial charge in [0, 0.05) is 0 Å². The molecule has 0 aliphatic carbocycles. The second-order valence-electron chi connectivity index (χ2n) is 6.59. The summed E-state index contributed by atoms with van der Waals surface area (Å²) in [6.07, 6.45) is 0.172.